The van der Waals surface area contributed by atoms with Crippen LogP contribution in [0.15, 0.2) is 64.8 Å². The first kappa shape index (κ1) is 21.6. The van der Waals surface area contributed by atoms with Crippen LogP contribution in [0, 0.1) is 0 Å². The molecule has 0 bridgehead atoms. The molecule has 1 fully saturated rings. The van der Waals surface area contributed by atoms with Crippen molar-refractivity contribution in [2.45, 2.75) is 24.8 Å². The van der Waals surface area contributed by atoms with Crippen LogP contribution in [0.4, 0.5) is 18.9 Å². The number of carbonyl (C=O) groups is 2. The molecular formula is C20H17F3N4O2S. The zero-order chi connectivity index (χ0) is 21.7. The predicted octanol–water partition coefficient (Wildman–Crippen LogP) is 4.05. The maximum absolute atomic E-state index is 12.8. The van der Waals surface area contributed by atoms with E-state index in [1.165, 1.54) is 12.1 Å². The Morgan fingerprint density at radius 3 is 2.60 bits per heavy atom. The summed E-state index contributed by atoms with van der Waals surface area (Å²) in [5.74, 6) is -0.988. The monoisotopic (exact) mass is 434 g/mol. The van der Waals surface area contributed by atoms with Crippen LogP contribution in [0.5, 0.6) is 0 Å². The third-order valence-electron chi connectivity index (χ3n) is 4.10. The molecule has 2 aromatic carbocycles. The number of hydrogen-bond donors (Lipinski definition) is 2. The van der Waals surface area contributed by atoms with Gasteiger partial charge < -0.3 is 10.6 Å². The molecule has 0 unspecified atom stereocenters. The number of thioether (sulfide) groups is 1. The molecule has 3 rings (SSSR count). The molecule has 1 saturated heterocycles. The number of amides is 2. The predicted molar refractivity (Wildman–Crippen MR) is 110 cm³/mol. The second kappa shape index (κ2) is 9.12. The highest BCUT2D eigenvalue weighted by molar-refractivity contribution is 8.15. The zero-order valence-corrected chi connectivity index (χ0v) is 16.6. The average molecular weight is 434 g/mol. The van der Waals surface area contributed by atoms with E-state index >= 15 is 0 Å². The number of alkyl halides is 3. The highest BCUT2D eigenvalue weighted by Crippen LogP contribution is 2.31. The number of rotatable bonds is 5. The van der Waals surface area contributed by atoms with E-state index in [0.717, 1.165) is 29.5 Å². The van der Waals surface area contributed by atoms with Crippen molar-refractivity contribution in [2.75, 3.05) is 5.32 Å². The van der Waals surface area contributed by atoms with Crippen molar-refractivity contribution >= 4 is 40.1 Å². The molecule has 0 aromatic heterocycles. The van der Waals surface area contributed by atoms with E-state index in [1.807, 2.05) is 30.3 Å². The number of benzene rings is 2. The number of carbonyl (C=O) groups excluding carboxylic acids is 2. The van der Waals surface area contributed by atoms with E-state index in [9.17, 15) is 22.8 Å². The van der Waals surface area contributed by atoms with Gasteiger partial charge in [0.05, 0.1) is 11.3 Å². The minimum absolute atomic E-state index is 0.00945. The summed E-state index contributed by atoms with van der Waals surface area (Å²) < 4.78 is 38.3. The van der Waals surface area contributed by atoms with Gasteiger partial charge in [0, 0.05) is 12.1 Å². The quantitative estimate of drug-likeness (QED) is 0.550. The van der Waals surface area contributed by atoms with Crippen molar-refractivity contribution in [3.63, 3.8) is 0 Å². The molecule has 2 amide bonds. The zero-order valence-electron chi connectivity index (χ0n) is 15.7. The largest absolute Gasteiger partial charge is 0.416 e. The standard InChI is InChI=1S/C20H17F3N4O2S/c1-12(13-6-3-2-4-7-13)26-27-19-25-18(29)16(30-19)11-17(28)24-15-9-5-8-14(10-15)20(21,22)23/h2-10,16H,11H2,1H3,(H,24,28)(H,25,27,29)/b26-12-/t16-/m0/s1. The summed E-state index contributed by atoms with van der Waals surface area (Å²) in [5.41, 5.74) is 0.682. The average Bonchev–Trinajstić information content (AvgIpc) is 3.05. The Hall–Kier alpha value is -3.14. The van der Waals surface area contributed by atoms with Crippen LogP contribution in [0.3, 0.4) is 0 Å². The van der Waals surface area contributed by atoms with Gasteiger partial charge in [-0.1, -0.05) is 48.2 Å². The molecule has 6 nitrogen and oxygen atoms in total. The number of nitrogens with one attached hydrogen (secondary N) is 2. The van der Waals surface area contributed by atoms with Gasteiger partial charge >= 0.3 is 6.18 Å². The van der Waals surface area contributed by atoms with Crippen LogP contribution < -0.4 is 10.6 Å². The van der Waals surface area contributed by atoms with Crippen LogP contribution in [0.1, 0.15) is 24.5 Å². The van der Waals surface area contributed by atoms with E-state index in [1.54, 1.807) is 6.92 Å². The third-order valence-corrected chi connectivity index (χ3v) is 5.18. The Bertz CT molecular complexity index is 1010. The second-order valence-corrected chi connectivity index (χ2v) is 7.57. The lowest BCUT2D eigenvalue weighted by Crippen LogP contribution is -2.28. The smallest absolute Gasteiger partial charge is 0.326 e. The summed E-state index contributed by atoms with van der Waals surface area (Å²) in [6.07, 6.45) is -4.72. The summed E-state index contributed by atoms with van der Waals surface area (Å²) in [4.78, 5) is 24.3. The Balaban J connectivity index is 1.60. The number of amidine groups is 1. The van der Waals surface area contributed by atoms with Gasteiger partial charge in [-0.3, -0.25) is 9.59 Å². The van der Waals surface area contributed by atoms with Gasteiger partial charge in [0.2, 0.25) is 11.8 Å². The highest BCUT2D eigenvalue weighted by Gasteiger charge is 2.33. The SMILES string of the molecule is C/C(=N/N=C1/NC(=O)[C@H](CC(=O)Nc2cccc(C(F)(F)F)c2)S1)c1ccccc1. The van der Waals surface area contributed by atoms with Crippen molar-refractivity contribution in [2.24, 2.45) is 10.2 Å². The van der Waals surface area contributed by atoms with E-state index in [4.69, 9.17) is 0 Å². The lowest BCUT2D eigenvalue weighted by atomic mass is 10.1. The second-order valence-electron chi connectivity index (χ2n) is 6.38. The molecule has 2 aromatic rings. The van der Waals surface area contributed by atoms with E-state index < -0.39 is 28.8 Å². The van der Waals surface area contributed by atoms with Crippen LogP contribution >= 0.6 is 11.8 Å². The maximum Gasteiger partial charge on any atom is 0.416 e. The number of hydrogen-bond acceptors (Lipinski definition) is 5. The lowest BCUT2D eigenvalue weighted by Gasteiger charge is -2.10. The van der Waals surface area contributed by atoms with Crippen molar-refractivity contribution < 1.29 is 22.8 Å². The number of nitrogens with zero attached hydrogens (tertiary/aromatic N) is 2. The van der Waals surface area contributed by atoms with Crippen molar-refractivity contribution in [1.29, 1.82) is 0 Å². The van der Waals surface area contributed by atoms with Crippen LogP contribution in [-0.2, 0) is 15.8 Å². The molecule has 0 saturated carbocycles. The number of anilines is 1. The molecule has 1 aliphatic heterocycles. The molecule has 1 atom stereocenters. The first-order valence-electron chi connectivity index (χ1n) is 8.84. The Morgan fingerprint density at radius 1 is 1.17 bits per heavy atom. The van der Waals surface area contributed by atoms with Crippen molar-refractivity contribution in [3.8, 4) is 0 Å². The maximum atomic E-state index is 12.8. The van der Waals surface area contributed by atoms with Crippen molar-refractivity contribution in [1.82, 2.24) is 5.32 Å². The van der Waals surface area contributed by atoms with Gasteiger partial charge in [-0.15, -0.1) is 5.10 Å². The highest BCUT2D eigenvalue weighted by atomic mass is 32.2. The van der Waals surface area contributed by atoms with Gasteiger partial charge in [0.25, 0.3) is 0 Å². The first-order valence-corrected chi connectivity index (χ1v) is 9.72. The summed E-state index contributed by atoms with van der Waals surface area (Å²) >= 11 is 1.04. The minimum atomic E-state index is -4.51. The van der Waals surface area contributed by atoms with Crippen LogP contribution in [0.2, 0.25) is 0 Å². The molecule has 0 spiro atoms. The molecule has 2 N–H and O–H groups in total. The summed E-state index contributed by atoms with van der Waals surface area (Å²) in [7, 11) is 0. The van der Waals surface area contributed by atoms with Gasteiger partial charge in [-0.25, -0.2) is 0 Å². The van der Waals surface area contributed by atoms with Gasteiger partial charge in [0.15, 0.2) is 5.17 Å². The molecule has 0 radical (unpaired) electrons. The first-order chi connectivity index (χ1) is 14.2. The fourth-order valence-corrected chi connectivity index (χ4v) is 3.52. The lowest BCUT2D eigenvalue weighted by molar-refractivity contribution is -0.137. The van der Waals surface area contributed by atoms with Crippen molar-refractivity contribution in [3.05, 3.63) is 65.7 Å². The molecule has 10 heteroatoms. The van der Waals surface area contributed by atoms with Gasteiger partial charge in [-0.05, 0) is 30.7 Å². The molecule has 0 aliphatic carbocycles. The number of halogens is 3. The molecular weight excluding hydrogens is 417 g/mol. The Labute approximate surface area is 174 Å². The molecule has 1 aliphatic rings. The van der Waals surface area contributed by atoms with Gasteiger partial charge in [0.1, 0.15) is 5.25 Å². The van der Waals surface area contributed by atoms with Gasteiger partial charge in [-0.2, -0.15) is 18.3 Å². The molecule has 156 valence electrons. The summed E-state index contributed by atoms with van der Waals surface area (Å²) in [6, 6.07) is 13.7. The Kier molecular flexibility index (Phi) is 6.56. The minimum Gasteiger partial charge on any atom is -0.326 e. The molecule has 30 heavy (non-hydrogen) atoms. The topological polar surface area (TPSA) is 82.9 Å². The van der Waals surface area contributed by atoms with E-state index in [0.29, 0.717) is 5.71 Å². The normalized spacial score (nSPS) is 18.4. The third kappa shape index (κ3) is 5.69. The van der Waals surface area contributed by atoms with Crippen LogP contribution in [0.25, 0.3) is 0 Å². The van der Waals surface area contributed by atoms with Crippen LogP contribution in [-0.4, -0.2) is 27.9 Å². The van der Waals surface area contributed by atoms with E-state index in [2.05, 4.69) is 20.8 Å². The summed E-state index contributed by atoms with van der Waals surface area (Å²) in [5, 5.41) is 12.5. The fourth-order valence-electron chi connectivity index (χ4n) is 2.60. The Morgan fingerprint density at radius 2 is 1.90 bits per heavy atom. The summed E-state index contributed by atoms with van der Waals surface area (Å²) in [6.45, 7) is 1.78. The fraction of sp³-hybridized carbons (Fsp3) is 0.200. The molecule has 1 heterocycles. The van der Waals surface area contributed by atoms with E-state index in [-0.39, 0.29) is 17.3 Å².